The summed E-state index contributed by atoms with van der Waals surface area (Å²) in [5.41, 5.74) is 0. The first-order valence-electron chi connectivity index (χ1n) is 5.30. The Labute approximate surface area is 92.7 Å². The molecule has 0 aliphatic rings. The van der Waals surface area contributed by atoms with E-state index in [9.17, 15) is 0 Å². The maximum atomic E-state index is 5.18. The van der Waals surface area contributed by atoms with E-state index in [4.69, 9.17) is 14.2 Å². The molecule has 0 aromatic carbocycles. The third-order valence-corrected chi connectivity index (χ3v) is 2.04. The van der Waals surface area contributed by atoms with Crippen molar-refractivity contribution in [2.45, 2.75) is 32.6 Å². The van der Waals surface area contributed by atoms with Gasteiger partial charge in [0, 0.05) is 6.42 Å². The van der Waals surface area contributed by atoms with Crippen LogP contribution in [0, 0.1) is 0 Å². The van der Waals surface area contributed by atoms with Gasteiger partial charge >= 0.3 is 5.95 Å². The predicted molar refractivity (Wildman–Crippen MR) is 61.3 cm³/mol. The number of ether oxygens (including phenoxy) is 3. The topological polar surface area (TPSA) is 27.7 Å². The standard InChI is InChI=1S/C12H22O3/c1-5-6-7-8-9-10-11(13-2)12(14-3)15-4/h8-9H,5-7,10H2,1-4H3. The maximum absolute atomic E-state index is 5.18. The molecule has 0 amide bonds. The Bertz CT molecular complexity index is 201. The third-order valence-electron chi connectivity index (χ3n) is 2.04. The van der Waals surface area contributed by atoms with Crippen LogP contribution >= 0.6 is 0 Å². The Morgan fingerprint density at radius 1 is 1.00 bits per heavy atom. The number of methoxy groups -OCH3 is 3. The zero-order chi connectivity index (χ0) is 11.5. The summed E-state index contributed by atoms with van der Waals surface area (Å²) in [5.74, 6) is 1.16. The van der Waals surface area contributed by atoms with Crippen LogP contribution < -0.4 is 0 Å². The highest BCUT2D eigenvalue weighted by Crippen LogP contribution is 2.12. The van der Waals surface area contributed by atoms with Gasteiger partial charge in [-0.2, -0.15) is 0 Å². The van der Waals surface area contributed by atoms with Crippen molar-refractivity contribution < 1.29 is 14.2 Å². The number of unbranched alkanes of at least 4 members (excludes halogenated alkanes) is 2. The van der Waals surface area contributed by atoms with Crippen LogP contribution in [-0.4, -0.2) is 21.3 Å². The lowest BCUT2D eigenvalue weighted by Crippen LogP contribution is -1.98. The number of allylic oxidation sites excluding steroid dienone is 2. The predicted octanol–water partition coefficient (Wildman–Crippen LogP) is 3.23. The van der Waals surface area contributed by atoms with Crippen molar-refractivity contribution >= 4 is 0 Å². The molecule has 0 saturated carbocycles. The highest BCUT2D eigenvalue weighted by atomic mass is 16.7. The number of hydrogen-bond acceptors (Lipinski definition) is 3. The minimum absolute atomic E-state index is 0.442. The van der Waals surface area contributed by atoms with Gasteiger partial charge in [-0.3, -0.25) is 0 Å². The number of hydrogen-bond donors (Lipinski definition) is 0. The smallest absolute Gasteiger partial charge is 0.318 e. The van der Waals surface area contributed by atoms with Crippen LogP contribution in [0.3, 0.4) is 0 Å². The molecule has 0 radical (unpaired) electrons. The van der Waals surface area contributed by atoms with Gasteiger partial charge in [0.15, 0.2) is 5.76 Å². The van der Waals surface area contributed by atoms with Crippen molar-refractivity contribution in [1.82, 2.24) is 0 Å². The maximum Gasteiger partial charge on any atom is 0.318 e. The summed E-state index contributed by atoms with van der Waals surface area (Å²) in [4.78, 5) is 0. The fraction of sp³-hybridized carbons (Fsp3) is 0.667. The molecule has 0 aromatic rings. The minimum atomic E-state index is 0.442. The fourth-order valence-corrected chi connectivity index (χ4v) is 1.19. The second kappa shape index (κ2) is 9.44. The highest BCUT2D eigenvalue weighted by Gasteiger charge is 2.05. The fourth-order valence-electron chi connectivity index (χ4n) is 1.19. The van der Waals surface area contributed by atoms with Crippen LogP contribution in [0.1, 0.15) is 32.6 Å². The van der Waals surface area contributed by atoms with E-state index in [0.29, 0.717) is 18.1 Å². The molecule has 88 valence electrons. The molecule has 3 nitrogen and oxygen atoms in total. The molecule has 3 heteroatoms. The third kappa shape index (κ3) is 6.05. The van der Waals surface area contributed by atoms with E-state index in [1.165, 1.54) is 12.8 Å². The van der Waals surface area contributed by atoms with Crippen molar-refractivity contribution in [2.75, 3.05) is 21.3 Å². The average molecular weight is 214 g/mol. The lowest BCUT2D eigenvalue weighted by atomic mass is 10.2. The van der Waals surface area contributed by atoms with Crippen LogP contribution in [0.2, 0.25) is 0 Å². The zero-order valence-corrected chi connectivity index (χ0v) is 10.2. The molecule has 0 bridgehead atoms. The van der Waals surface area contributed by atoms with Gasteiger partial charge < -0.3 is 14.2 Å². The van der Waals surface area contributed by atoms with E-state index in [1.54, 1.807) is 21.3 Å². The van der Waals surface area contributed by atoms with E-state index < -0.39 is 0 Å². The van der Waals surface area contributed by atoms with Gasteiger partial charge in [0.1, 0.15) is 0 Å². The highest BCUT2D eigenvalue weighted by molar-refractivity contribution is 5.01. The van der Waals surface area contributed by atoms with Gasteiger partial charge in [-0.05, 0) is 6.42 Å². The Balaban J connectivity index is 4.09. The van der Waals surface area contributed by atoms with Gasteiger partial charge in [-0.25, -0.2) is 0 Å². The second-order valence-corrected chi connectivity index (χ2v) is 3.14. The van der Waals surface area contributed by atoms with Gasteiger partial charge in [0.2, 0.25) is 0 Å². The largest absolute Gasteiger partial charge is 0.494 e. The van der Waals surface area contributed by atoms with Crippen molar-refractivity contribution in [3.05, 3.63) is 23.9 Å². The normalized spacial score (nSPS) is 10.1. The summed E-state index contributed by atoms with van der Waals surface area (Å²) in [5, 5.41) is 0. The molecule has 0 aliphatic heterocycles. The molecule has 0 heterocycles. The van der Waals surface area contributed by atoms with Crippen LogP contribution in [0.15, 0.2) is 23.9 Å². The molecular weight excluding hydrogens is 192 g/mol. The minimum Gasteiger partial charge on any atom is -0.494 e. The van der Waals surface area contributed by atoms with Gasteiger partial charge in [-0.1, -0.05) is 31.9 Å². The summed E-state index contributed by atoms with van der Waals surface area (Å²) in [6, 6.07) is 0. The lowest BCUT2D eigenvalue weighted by molar-refractivity contribution is 0.0675. The summed E-state index contributed by atoms with van der Waals surface area (Å²) < 4.78 is 15.2. The van der Waals surface area contributed by atoms with Crippen LogP contribution in [-0.2, 0) is 14.2 Å². The molecule has 0 unspecified atom stereocenters. The average Bonchev–Trinajstić information content (AvgIpc) is 2.27. The van der Waals surface area contributed by atoms with E-state index in [-0.39, 0.29) is 0 Å². The Kier molecular flexibility index (Phi) is 8.73. The van der Waals surface area contributed by atoms with Crippen molar-refractivity contribution in [3.63, 3.8) is 0 Å². The first kappa shape index (κ1) is 13.9. The van der Waals surface area contributed by atoms with Gasteiger partial charge in [-0.15, -0.1) is 0 Å². The Hall–Kier alpha value is -1.12. The van der Waals surface area contributed by atoms with E-state index in [2.05, 4.69) is 19.1 Å². The molecule has 0 spiro atoms. The van der Waals surface area contributed by atoms with Crippen LogP contribution in [0.4, 0.5) is 0 Å². The molecule has 0 rings (SSSR count). The van der Waals surface area contributed by atoms with E-state index in [1.807, 2.05) is 0 Å². The molecule has 0 fully saturated rings. The van der Waals surface area contributed by atoms with E-state index in [0.717, 1.165) is 6.42 Å². The molecule has 15 heavy (non-hydrogen) atoms. The molecule has 0 aromatic heterocycles. The molecular formula is C12H22O3. The molecule has 0 N–H and O–H groups in total. The Morgan fingerprint density at radius 2 is 1.67 bits per heavy atom. The summed E-state index contributed by atoms with van der Waals surface area (Å²) in [6.07, 6.45) is 8.50. The first-order valence-corrected chi connectivity index (χ1v) is 5.30. The molecule has 0 aliphatic carbocycles. The van der Waals surface area contributed by atoms with Gasteiger partial charge in [0.05, 0.1) is 21.3 Å². The van der Waals surface area contributed by atoms with Crippen LogP contribution in [0.25, 0.3) is 0 Å². The SMILES string of the molecule is CCCCC=CCC(OC)=C(OC)OC. The van der Waals surface area contributed by atoms with Crippen LogP contribution in [0.5, 0.6) is 0 Å². The quantitative estimate of drug-likeness (QED) is 0.353. The zero-order valence-electron chi connectivity index (χ0n) is 10.2. The molecule has 0 saturated heterocycles. The Morgan fingerprint density at radius 3 is 2.13 bits per heavy atom. The van der Waals surface area contributed by atoms with E-state index >= 15 is 0 Å². The monoisotopic (exact) mass is 214 g/mol. The number of rotatable bonds is 8. The van der Waals surface area contributed by atoms with Gasteiger partial charge in [0.25, 0.3) is 0 Å². The summed E-state index contributed by atoms with van der Waals surface area (Å²) >= 11 is 0. The van der Waals surface area contributed by atoms with Crippen molar-refractivity contribution in [1.29, 1.82) is 0 Å². The van der Waals surface area contributed by atoms with Crippen molar-refractivity contribution in [3.8, 4) is 0 Å². The van der Waals surface area contributed by atoms with Crippen molar-refractivity contribution in [2.24, 2.45) is 0 Å². The first-order chi connectivity index (χ1) is 7.29. The molecule has 0 atom stereocenters. The second-order valence-electron chi connectivity index (χ2n) is 3.14. The summed E-state index contributed by atoms with van der Waals surface area (Å²) in [6.45, 7) is 2.18. The summed E-state index contributed by atoms with van der Waals surface area (Å²) in [7, 11) is 4.75. The lowest BCUT2D eigenvalue weighted by Gasteiger charge is -2.09.